The van der Waals surface area contributed by atoms with E-state index in [4.69, 9.17) is 16.3 Å². The van der Waals surface area contributed by atoms with Crippen molar-refractivity contribution in [1.82, 2.24) is 15.1 Å². The Hall–Kier alpha value is -2.06. The van der Waals surface area contributed by atoms with Gasteiger partial charge in [-0.1, -0.05) is 11.6 Å². The molecule has 1 amide bonds. The molecule has 2 aromatic rings. The monoisotopic (exact) mass is 383 g/mol. The lowest BCUT2D eigenvalue weighted by Gasteiger charge is -2.09. The van der Waals surface area contributed by atoms with E-state index >= 15 is 0 Å². The summed E-state index contributed by atoms with van der Waals surface area (Å²) in [5.74, 6) is 0.363. The lowest BCUT2D eigenvalue weighted by atomic mass is 10.2. The Labute approximate surface area is 150 Å². The maximum atomic E-state index is 12.1. The van der Waals surface area contributed by atoms with Crippen molar-refractivity contribution in [3.05, 3.63) is 46.7 Å². The van der Waals surface area contributed by atoms with Crippen molar-refractivity contribution < 1.29 is 17.9 Å². The van der Waals surface area contributed by atoms with Crippen molar-refractivity contribution in [1.29, 1.82) is 0 Å². The predicted molar refractivity (Wildman–Crippen MR) is 93.6 cm³/mol. The van der Waals surface area contributed by atoms with Gasteiger partial charge in [0.15, 0.2) is 16.6 Å². The zero-order valence-electron chi connectivity index (χ0n) is 13.6. The third-order valence-electron chi connectivity index (χ3n) is 3.93. The summed E-state index contributed by atoms with van der Waals surface area (Å²) in [4.78, 5) is 12.1. The summed E-state index contributed by atoms with van der Waals surface area (Å²) in [5.41, 5.74) is 1.13. The fourth-order valence-corrected chi connectivity index (χ4v) is 4.36. The first-order chi connectivity index (χ1) is 11.8. The third-order valence-corrected chi connectivity index (χ3v) is 6.13. The first-order valence-corrected chi connectivity index (χ1v) is 9.96. The molecule has 0 saturated carbocycles. The van der Waals surface area contributed by atoms with Gasteiger partial charge in [0, 0.05) is 17.3 Å². The van der Waals surface area contributed by atoms with Crippen molar-refractivity contribution >= 4 is 27.3 Å². The van der Waals surface area contributed by atoms with Gasteiger partial charge >= 0.3 is 0 Å². The van der Waals surface area contributed by atoms with Crippen LogP contribution >= 0.6 is 11.6 Å². The van der Waals surface area contributed by atoms with Gasteiger partial charge in [0.25, 0.3) is 5.91 Å². The third kappa shape index (κ3) is 4.52. The van der Waals surface area contributed by atoms with Crippen molar-refractivity contribution in [2.24, 2.45) is 0 Å². The van der Waals surface area contributed by atoms with Crippen LogP contribution in [0, 0.1) is 6.92 Å². The molecular formula is C16H18ClN3O4S. The molecule has 3 rings (SSSR count). The minimum Gasteiger partial charge on any atom is -0.471 e. The molecule has 7 nitrogen and oxygen atoms in total. The van der Waals surface area contributed by atoms with E-state index in [9.17, 15) is 13.2 Å². The van der Waals surface area contributed by atoms with E-state index in [-0.39, 0.29) is 35.9 Å². The number of aromatic nitrogens is 2. The maximum absolute atomic E-state index is 12.1. The molecule has 0 bridgehead atoms. The quantitative estimate of drug-likeness (QED) is 0.850. The summed E-state index contributed by atoms with van der Waals surface area (Å²) < 4.78 is 30.0. The molecule has 0 spiro atoms. The van der Waals surface area contributed by atoms with E-state index in [1.807, 2.05) is 13.0 Å². The molecule has 134 valence electrons. The molecule has 25 heavy (non-hydrogen) atoms. The molecule has 1 aliphatic rings. The summed E-state index contributed by atoms with van der Waals surface area (Å²) in [6, 6.07) is 6.54. The fourth-order valence-electron chi connectivity index (χ4n) is 2.57. The molecule has 1 unspecified atom stereocenters. The number of nitrogens with zero attached hydrogens (tertiary/aromatic N) is 2. The zero-order chi connectivity index (χ0) is 18.0. The molecule has 1 aromatic heterocycles. The molecule has 1 fully saturated rings. The highest BCUT2D eigenvalue weighted by Crippen LogP contribution is 2.21. The Bertz CT molecular complexity index is 895. The minimum atomic E-state index is -3.03. The summed E-state index contributed by atoms with van der Waals surface area (Å²) in [7, 11) is -3.03. The van der Waals surface area contributed by atoms with Gasteiger partial charge in [-0.15, -0.1) is 0 Å². The number of benzene rings is 1. The van der Waals surface area contributed by atoms with E-state index in [0.717, 1.165) is 5.56 Å². The summed E-state index contributed by atoms with van der Waals surface area (Å²) in [6.07, 6.45) is 2.07. The van der Waals surface area contributed by atoms with Gasteiger partial charge in [-0.05, 0) is 43.2 Å². The van der Waals surface area contributed by atoms with Gasteiger partial charge in [-0.3, -0.25) is 4.79 Å². The Balaban J connectivity index is 1.56. The van der Waals surface area contributed by atoms with Crippen LogP contribution in [0.1, 0.15) is 22.5 Å². The first-order valence-electron chi connectivity index (χ1n) is 7.76. The van der Waals surface area contributed by atoms with E-state index in [1.54, 1.807) is 24.4 Å². The second-order valence-corrected chi connectivity index (χ2v) is 8.63. The number of halogens is 1. The molecule has 1 aromatic carbocycles. The maximum Gasteiger partial charge on any atom is 0.272 e. The van der Waals surface area contributed by atoms with Crippen LogP contribution < -0.4 is 10.1 Å². The predicted octanol–water partition coefficient (Wildman–Crippen LogP) is 1.80. The normalized spacial score (nSPS) is 18.9. The number of sulfone groups is 1. The largest absolute Gasteiger partial charge is 0.471 e. The number of carbonyl (C=O) groups excluding carboxylic acids is 1. The lowest BCUT2D eigenvalue weighted by molar-refractivity contribution is 0.0934. The molecule has 1 N–H and O–H groups in total. The molecule has 9 heteroatoms. The van der Waals surface area contributed by atoms with Crippen molar-refractivity contribution in [2.75, 3.05) is 11.5 Å². The Morgan fingerprint density at radius 2 is 2.24 bits per heavy atom. The molecule has 1 aliphatic heterocycles. The topological polar surface area (TPSA) is 90.3 Å². The molecule has 1 saturated heterocycles. The number of rotatable bonds is 5. The van der Waals surface area contributed by atoms with Crippen LogP contribution in [0.5, 0.6) is 5.75 Å². The molecule has 2 heterocycles. The Morgan fingerprint density at radius 1 is 1.44 bits per heavy atom. The van der Waals surface area contributed by atoms with Crippen molar-refractivity contribution in [2.45, 2.75) is 26.1 Å². The average Bonchev–Trinajstić information content (AvgIpc) is 3.15. The van der Waals surface area contributed by atoms with Gasteiger partial charge in [0.2, 0.25) is 0 Å². The van der Waals surface area contributed by atoms with E-state index in [2.05, 4.69) is 10.4 Å². The van der Waals surface area contributed by atoms with Crippen LogP contribution in [0.4, 0.5) is 0 Å². The van der Waals surface area contributed by atoms with Gasteiger partial charge in [-0.2, -0.15) is 5.10 Å². The molecule has 0 radical (unpaired) electrons. The van der Waals surface area contributed by atoms with Crippen molar-refractivity contribution in [3.8, 4) is 5.75 Å². The van der Waals surface area contributed by atoms with E-state index < -0.39 is 9.84 Å². The highest BCUT2D eigenvalue weighted by Gasteiger charge is 2.29. The van der Waals surface area contributed by atoms with Gasteiger partial charge < -0.3 is 10.1 Å². The Kier molecular flexibility index (Phi) is 5.01. The average molecular weight is 384 g/mol. The molecule has 1 atom stereocenters. The van der Waals surface area contributed by atoms with Crippen molar-refractivity contribution in [3.63, 3.8) is 0 Å². The number of carbonyl (C=O) groups is 1. The number of hydrogen-bond acceptors (Lipinski definition) is 5. The van der Waals surface area contributed by atoms with Crippen LogP contribution in [0.25, 0.3) is 0 Å². The van der Waals surface area contributed by atoms with Gasteiger partial charge in [-0.25, -0.2) is 13.1 Å². The van der Waals surface area contributed by atoms with Gasteiger partial charge in [0.1, 0.15) is 11.4 Å². The summed E-state index contributed by atoms with van der Waals surface area (Å²) in [5, 5.41) is 7.52. The SMILES string of the molecule is Cc1cc(OCn2ccc(C(=O)NC3CCS(=O)(=O)C3)n2)ccc1Cl. The molecule has 0 aliphatic carbocycles. The first kappa shape index (κ1) is 17.8. The second-order valence-electron chi connectivity index (χ2n) is 6.00. The Morgan fingerprint density at radius 3 is 2.92 bits per heavy atom. The number of amides is 1. The van der Waals surface area contributed by atoms with Crippen LogP contribution in [0.3, 0.4) is 0 Å². The van der Waals surface area contributed by atoms with Crippen LogP contribution in [0.2, 0.25) is 5.02 Å². The molecular weight excluding hydrogens is 366 g/mol. The smallest absolute Gasteiger partial charge is 0.272 e. The highest BCUT2D eigenvalue weighted by molar-refractivity contribution is 7.91. The van der Waals surface area contributed by atoms with Gasteiger partial charge in [0.05, 0.1) is 11.5 Å². The number of hydrogen-bond donors (Lipinski definition) is 1. The second kappa shape index (κ2) is 7.05. The fraction of sp³-hybridized carbons (Fsp3) is 0.375. The highest BCUT2D eigenvalue weighted by atomic mass is 35.5. The standard InChI is InChI=1S/C16H18ClN3O4S/c1-11-8-13(2-3-14(11)17)24-10-20-6-4-15(19-20)16(21)18-12-5-7-25(22,23)9-12/h2-4,6,8,12H,5,7,9-10H2,1H3,(H,18,21). The minimum absolute atomic E-state index is 0.0154. The zero-order valence-corrected chi connectivity index (χ0v) is 15.2. The number of nitrogens with one attached hydrogen (secondary N) is 1. The number of aryl methyl sites for hydroxylation is 1. The summed E-state index contributed by atoms with van der Waals surface area (Å²) >= 11 is 5.97. The lowest BCUT2D eigenvalue weighted by Crippen LogP contribution is -2.35. The summed E-state index contributed by atoms with van der Waals surface area (Å²) in [6.45, 7) is 2.03. The van der Waals surface area contributed by atoms with Crippen LogP contribution in [-0.4, -0.2) is 41.7 Å². The van der Waals surface area contributed by atoms with E-state index in [1.165, 1.54) is 4.68 Å². The van der Waals surface area contributed by atoms with Crippen LogP contribution in [-0.2, 0) is 16.6 Å². The van der Waals surface area contributed by atoms with Crippen LogP contribution in [0.15, 0.2) is 30.5 Å². The van der Waals surface area contributed by atoms with E-state index in [0.29, 0.717) is 17.2 Å². The number of ether oxygens (including phenoxy) is 1.